The summed E-state index contributed by atoms with van der Waals surface area (Å²) in [6.45, 7) is 15.8. The van der Waals surface area contributed by atoms with Gasteiger partial charge in [-0.2, -0.15) is 5.10 Å². The molecule has 2 atom stereocenters. The summed E-state index contributed by atoms with van der Waals surface area (Å²) >= 11 is 6.46. The lowest BCUT2D eigenvalue weighted by molar-refractivity contribution is -0.149. The summed E-state index contributed by atoms with van der Waals surface area (Å²) in [6, 6.07) is 8.94. The van der Waals surface area contributed by atoms with Crippen molar-refractivity contribution in [3.8, 4) is 23.0 Å². The van der Waals surface area contributed by atoms with E-state index in [9.17, 15) is 19.2 Å². The van der Waals surface area contributed by atoms with E-state index in [2.05, 4.69) is 31.2 Å². The van der Waals surface area contributed by atoms with Crippen molar-refractivity contribution in [3.05, 3.63) is 83.3 Å². The third-order valence-electron chi connectivity index (χ3n) is 9.99. The van der Waals surface area contributed by atoms with Gasteiger partial charge in [0.2, 0.25) is 5.91 Å². The van der Waals surface area contributed by atoms with E-state index >= 15 is 8.78 Å². The zero-order valence-corrected chi connectivity index (χ0v) is 41.7. The molecule has 5 rings (SSSR count). The molecule has 3 amide bonds. The van der Waals surface area contributed by atoms with Crippen LogP contribution in [0.1, 0.15) is 93.6 Å². The number of anilines is 2. The van der Waals surface area contributed by atoms with Crippen molar-refractivity contribution in [3.63, 3.8) is 0 Å². The largest absolute Gasteiger partial charge is 0.494 e. The van der Waals surface area contributed by atoms with Gasteiger partial charge in [0.25, 0.3) is 0 Å². The van der Waals surface area contributed by atoms with E-state index in [1.807, 2.05) is 0 Å². The first kappa shape index (κ1) is 54.1. The molecule has 70 heavy (non-hydrogen) atoms. The van der Waals surface area contributed by atoms with Crippen LogP contribution in [0, 0.1) is 17.6 Å². The molecule has 0 aliphatic carbocycles. The highest BCUT2D eigenvalue weighted by atomic mass is 35.5. The second-order valence-corrected chi connectivity index (χ2v) is 18.8. The summed E-state index contributed by atoms with van der Waals surface area (Å²) in [7, 11) is 0. The van der Waals surface area contributed by atoms with Crippen molar-refractivity contribution < 1.29 is 51.6 Å². The number of hydrogen-bond acceptors (Lipinski definition) is 14. The number of para-hydroxylation sites is 1. The smallest absolute Gasteiger partial charge is 0.408 e. The van der Waals surface area contributed by atoms with Crippen molar-refractivity contribution >= 4 is 58.1 Å². The number of nitrogens with zero attached hydrogens (tertiary/aromatic N) is 5. The number of fused-ring (bicyclic) bond motifs is 1. The fraction of sp³-hybridized carbons (Fsp3) is 0.469. The number of amides is 3. The number of halogens is 3. The van der Waals surface area contributed by atoms with Gasteiger partial charge in [0.05, 0.1) is 48.8 Å². The molecule has 0 aliphatic heterocycles. The second kappa shape index (κ2) is 24.6. The molecule has 3 aromatic heterocycles. The van der Waals surface area contributed by atoms with Gasteiger partial charge in [0, 0.05) is 48.4 Å². The van der Waals surface area contributed by atoms with Crippen molar-refractivity contribution in [1.82, 2.24) is 40.7 Å². The first-order chi connectivity index (χ1) is 33.1. The topological polar surface area (TPSA) is 219 Å². The van der Waals surface area contributed by atoms with Crippen molar-refractivity contribution in [2.24, 2.45) is 5.92 Å². The van der Waals surface area contributed by atoms with E-state index in [0.29, 0.717) is 40.1 Å². The molecule has 2 unspecified atom stereocenters. The number of hydrogen-bond donors (Lipinski definition) is 4. The molecule has 18 nitrogen and oxygen atoms in total. The predicted molar refractivity (Wildman–Crippen MR) is 259 cm³/mol. The quantitative estimate of drug-likeness (QED) is 0.0289. The van der Waals surface area contributed by atoms with Crippen LogP contribution in [0.4, 0.5) is 29.9 Å². The Morgan fingerprint density at radius 1 is 0.857 bits per heavy atom. The van der Waals surface area contributed by atoms with Crippen LogP contribution in [0.15, 0.2) is 61.1 Å². The number of carbonyl (C=O) groups is 4. The molecule has 5 aromatic rings. The molecule has 378 valence electrons. The second-order valence-electron chi connectivity index (χ2n) is 18.4. The SMILES string of the molecule is CCOc1cc(F)c(Cn2nc(-c3ncc(OCCCOC(=O)C(NC(=O)C(CCCCNC(=O)OC(C)(C)C)NC(=O)OC(C)(C)C)C(C)C)c(Nc4ccncc4Cl)n3)c3ccccc32)c(F)c1. The average molecular weight is 995 g/mol. The zero-order valence-electron chi connectivity index (χ0n) is 40.9. The Bertz CT molecular complexity index is 2580. The molecule has 0 spiro atoms. The minimum absolute atomic E-state index is 0.0366. The fourth-order valence-electron chi connectivity index (χ4n) is 6.78. The number of rotatable bonds is 22. The highest BCUT2D eigenvalue weighted by molar-refractivity contribution is 6.33. The fourth-order valence-corrected chi connectivity index (χ4v) is 6.95. The average Bonchev–Trinajstić information content (AvgIpc) is 3.64. The van der Waals surface area contributed by atoms with E-state index < -0.39 is 64.9 Å². The minimum Gasteiger partial charge on any atom is -0.494 e. The maximum Gasteiger partial charge on any atom is 0.408 e. The van der Waals surface area contributed by atoms with Crippen molar-refractivity contribution in [2.75, 3.05) is 31.7 Å². The number of esters is 1. The Balaban J connectivity index is 1.25. The third kappa shape index (κ3) is 16.1. The first-order valence-corrected chi connectivity index (χ1v) is 23.4. The van der Waals surface area contributed by atoms with Gasteiger partial charge < -0.3 is 45.0 Å². The van der Waals surface area contributed by atoms with E-state index in [0.717, 1.165) is 12.1 Å². The summed E-state index contributed by atoms with van der Waals surface area (Å²) in [5.74, 6) is -2.60. The van der Waals surface area contributed by atoms with E-state index in [1.54, 1.807) is 98.8 Å². The van der Waals surface area contributed by atoms with Crippen LogP contribution in [0.3, 0.4) is 0 Å². The third-order valence-corrected chi connectivity index (χ3v) is 10.3. The minimum atomic E-state index is -1.06. The summed E-state index contributed by atoms with van der Waals surface area (Å²) < 4.78 is 59.5. The molecule has 4 N–H and O–H groups in total. The summed E-state index contributed by atoms with van der Waals surface area (Å²) in [6.07, 6.45) is 4.37. The Kier molecular flexibility index (Phi) is 19.0. The Labute approximate surface area is 410 Å². The van der Waals surface area contributed by atoms with Crippen LogP contribution in [0.5, 0.6) is 11.5 Å². The Morgan fingerprint density at radius 2 is 1.56 bits per heavy atom. The number of aromatic nitrogens is 5. The lowest BCUT2D eigenvalue weighted by Gasteiger charge is -2.26. The maximum atomic E-state index is 15.2. The van der Waals surface area contributed by atoms with Gasteiger partial charge in [-0.3, -0.25) is 14.5 Å². The van der Waals surface area contributed by atoms with Gasteiger partial charge in [-0.05, 0) is 85.8 Å². The van der Waals surface area contributed by atoms with Crippen molar-refractivity contribution in [1.29, 1.82) is 0 Å². The molecule has 0 bridgehead atoms. The van der Waals surface area contributed by atoms with Crippen LogP contribution in [-0.2, 0) is 30.3 Å². The standard InChI is InChI=1S/C49H62ClF2N9O9/c1-10-66-30-24-34(51)32(35(52)25-30)28-61-38-18-12-11-16-31(38)41(60-61)43-55-27-39(42(59-43)56-36-19-21-53-26-33(36)50)67-22-15-23-68-45(63)40(29(2)3)58-44(62)37(57-47(65)70-49(7,8)9)17-13-14-20-54-46(64)69-48(4,5)6/h11-12,16,18-19,21,24-27,29,37,40H,10,13-15,17,20,22-23,28H2,1-9H3,(H,54,64)(H,57,65)(H,58,62)(H,53,55,56,59). The number of benzene rings is 2. The van der Waals surface area contributed by atoms with Crippen LogP contribution < -0.4 is 30.7 Å². The van der Waals surface area contributed by atoms with Gasteiger partial charge >= 0.3 is 18.2 Å². The lowest BCUT2D eigenvalue weighted by Crippen LogP contribution is -2.54. The van der Waals surface area contributed by atoms with Crippen LogP contribution in [0.25, 0.3) is 22.4 Å². The molecule has 0 fully saturated rings. The highest BCUT2D eigenvalue weighted by Gasteiger charge is 2.31. The van der Waals surface area contributed by atoms with E-state index in [4.69, 9.17) is 45.4 Å². The Hall–Kier alpha value is -6.83. The zero-order chi connectivity index (χ0) is 51.2. The molecule has 2 aromatic carbocycles. The van der Waals surface area contributed by atoms with Gasteiger partial charge in [-0.1, -0.05) is 43.6 Å². The number of pyridine rings is 1. The van der Waals surface area contributed by atoms with Gasteiger partial charge in [0.1, 0.15) is 46.4 Å². The molecule has 21 heteroatoms. The molecular formula is C49H62ClF2N9O9. The molecule has 0 aliphatic rings. The van der Waals surface area contributed by atoms with Crippen molar-refractivity contribution in [2.45, 2.75) is 118 Å². The molecule has 3 heterocycles. The predicted octanol–water partition coefficient (Wildman–Crippen LogP) is 9.05. The van der Waals surface area contributed by atoms with E-state index in [-0.39, 0.29) is 74.5 Å². The maximum absolute atomic E-state index is 15.2. The monoisotopic (exact) mass is 993 g/mol. The summed E-state index contributed by atoms with van der Waals surface area (Å²) in [5.41, 5.74) is -0.322. The molecule has 0 saturated carbocycles. The number of unbranched alkanes of at least 4 members (excludes halogenated alkanes) is 1. The highest BCUT2D eigenvalue weighted by Crippen LogP contribution is 2.33. The van der Waals surface area contributed by atoms with Gasteiger partial charge in [-0.15, -0.1) is 0 Å². The van der Waals surface area contributed by atoms with Gasteiger partial charge in [0.15, 0.2) is 17.4 Å². The first-order valence-electron chi connectivity index (χ1n) is 23.0. The molecular weight excluding hydrogens is 932 g/mol. The lowest BCUT2D eigenvalue weighted by atomic mass is 10.0. The summed E-state index contributed by atoms with van der Waals surface area (Å²) in [4.78, 5) is 65.3. The number of carbonyl (C=O) groups excluding carboxylic acids is 4. The number of nitrogens with one attached hydrogen (secondary N) is 4. The number of alkyl carbamates (subject to hydrolysis) is 2. The normalized spacial score (nSPS) is 12.5. The Morgan fingerprint density at radius 3 is 2.23 bits per heavy atom. The van der Waals surface area contributed by atoms with E-state index in [1.165, 1.54) is 17.1 Å². The van der Waals surface area contributed by atoms with Crippen LogP contribution >= 0.6 is 11.6 Å². The number of ether oxygens (including phenoxy) is 5. The van der Waals surface area contributed by atoms with Crippen LogP contribution in [0.2, 0.25) is 5.02 Å². The van der Waals surface area contributed by atoms with Gasteiger partial charge in [-0.25, -0.2) is 33.1 Å². The molecule has 0 radical (unpaired) electrons. The van der Waals surface area contributed by atoms with Crippen LogP contribution in [-0.4, -0.2) is 98.4 Å². The molecule has 0 saturated heterocycles. The summed E-state index contributed by atoms with van der Waals surface area (Å²) in [5, 5.41) is 16.8.